The van der Waals surface area contributed by atoms with E-state index in [1.165, 1.54) is 20.0 Å². The van der Waals surface area contributed by atoms with E-state index >= 15 is 0 Å². The van der Waals surface area contributed by atoms with E-state index in [1.54, 1.807) is 7.11 Å². The summed E-state index contributed by atoms with van der Waals surface area (Å²) in [5.74, 6) is 0.356. The summed E-state index contributed by atoms with van der Waals surface area (Å²) in [6, 6.07) is 8.48. The number of aromatic nitrogens is 1. The van der Waals surface area contributed by atoms with E-state index in [2.05, 4.69) is 17.6 Å². The molecule has 24 heavy (non-hydrogen) atoms. The normalized spacial score (nSPS) is 22.5. The van der Waals surface area contributed by atoms with Crippen LogP contribution in [-0.4, -0.2) is 30.9 Å². The van der Waals surface area contributed by atoms with Crippen molar-refractivity contribution < 1.29 is 14.3 Å². The molecule has 1 aromatic carbocycles. The van der Waals surface area contributed by atoms with Gasteiger partial charge in [-0.05, 0) is 51.5 Å². The highest BCUT2D eigenvalue weighted by Crippen LogP contribution is 2.38. The molecule has 2 aromatic rings. The molecule has 1 aromatic heterocycles. The summed E-state index contributed by atoms with van der Waals surface area (Å²) >= 11 is 0. The minimum absolute atomic E-state index is 0.252. The molecule has 0 unspecified atom stereocenters. The summed E-state index contributed by atoms with van der Waals surface area (Å²) in [7, 11) is 3.25. The summed E-state index contributed by atoms with van der Waals surface area (Å²) in [4.78, 5) is 12.3. The second-order valence-electron chi connectivity index (χ2n) is 6.85. The maximum atomic E-state index is 12.3. The topological polar surface area (TPSA) is 40.5 Å². The first kappa shape index (κ1) is 17.0. The van der Waals surface area contributed by atoms with Crippen molar-refractivity contribution in [3.63, 3.8) is 0 Å². The Balaban J connectivity index is 2.00. The van der Waals surface area contributed by atoms with Crippen molar-refractivity contribution in [2.24, 2.45) is 5.92 Å². The number of benzene rings is 1. The van der Waals surface area contributed by atoms with Gasteiger partial charge in [0.2, 0.25) is 0 Å². The van der Waals surface area contributed by atoms with Gasteiger partial charge in [-0.2, -0.15) is 0 Å². The maximum Gasteiger partial charge on any atom is 0.340 e. The summed E-state index contributed by atoms with van der Waals surface area (Å²) in [6.45, 7) is 4.31. The Labute approximate surface area is 143 Å². The Bertz CT molecular complexity index is 726. The molecule has 4 heteroatoms. The largest absolute Gasteiger partial charge is 0.465 e. The lowest BCUT2D eigenvalue weighted by Crippen LogP contribution is -2.26. The molecule has 3 rings (SSSR count). The predicted octanol–water partition coefficient (Wildman–Crippen LogP) is 4.50. The van der Waals surface area contributed by atoms with Crippen LogP contribution < -0.4 is 0 Å². The van der Waals surface area contributed by atoms with Crippen LogP contribution in [0.5, 0.6) is 0 Å². The van der Waals surface area contributed by atoms with Crippen LogP contribution in [0.4, 0.5) is 0 Å². The number of hydrogen-bond donors (Lipinski definition) is 0. The molecule has 0 bridgehead atoms. The van der Waals surface area contributed by atoms with Gasteiger partial charge in [0.1, 0.15) is 0 Å². The zero-order valence-electron chi connectivity index (χ0n) is 15.0. The smallest absolute Gasteiger partial charge is 0.340 e. The fraction of sp³-hybridized carbons (Fsp3) is 0.550. The van der Waals surface area contributed by atoms with Gasteiger partial charge in [0.25, 0.3) is 0 Å². The van der Waals surface area contributed by atoms with Crippen molar-refractivity contribution in [3.05, 3.63) is 35.5 Å². The van der Waals surface area contributed by atoms with Crippen LogP contribution in [0.1, 0.15) is 54.7 Å². The molecule has 1 aliphatic rings. The average molecular weight is 329 g/mol. The fourth-order valence-electron chi connectivity index (χ4n) is 4.29. The molecule has 0 spiro atoms. The maximum absolute atomic E-state index is 12.3. The quantitative estimate of drug-likeness (QED) is 0.775. The highest BCUT2D eigenvalue weighted by atomic mass is 16.5. The lowest BCUT2D eigenvalue weighted by molar-refractivity contribution is 0.0491. The van der Waals surface area contributed by atoms with Crippen molar-refractivity contribution in [2.75, 3.05) is 14.2 Å². The predicted molar refractivity (Wildman–Crippen MR) is 95.5 cm³/mol. The lowest BCUT2D eigenvalue weighted by Gasteiger charge is -2.33. The summed E-state index contributed by atoms with van der Waals surface area (Å²) in [6.07, 6.45) is 4.97. The third kappa shape index (κ3) is 2.84. The van der Waals surface area contributed by atoms with E-state index in [4.69, 9.17) is 9.47 Å². The fourth-order valence-corrected chi connectivity index (χ4v) is 4.29. The summed E-state index contributed by atoms with van der Waals surface area (Å²) in [5.41, 5.74) is 2.83. The molecule has 1 fully saturated rings. The Morgan fingerprint density at radius 3 is 2.46 bits per heavy atom. The van der Waals surface area contributed by atoms with Gasteiger partial charge in [-0.25, -0.2) is 4.79 Å². The standard InChI is InChI=1S/C20H27NO3/c1-13(15-9-11-16(23-3)12-10-15)21-14(2)19(20(22)24-4)17-7-5-6-8-18(17)21/h5-8,13,15-16H,9-12H2,1-4H3/t13-,15?,16?/m1/s1. The number of hydrogen-bond acceptors (Lipinski definition) is 3. The molecule has 0 saturated heterocycles. The highest BCUT2D eigenvalue weighted by molar-refractivity contribution is 6.05. The van der Waals surface area contributed by atoms with E-state index in [0.29, 0.717) is 23.6 Å². The first-order valence-electron chi connectivity index (χ1n) is 8.79. The molecule has 0 N–H and O–H groups in total. The van der Waals surface area contributed by atoms with Gasteiger partial charge in [0.05, 0.1) is 18.8 Å². The third-order valence-electron chi connectivity index (χ3n) is 5.69. The zero-order valence-corrected chi connectivity index (χ0v) is 15.0. The number of carbonyl (C=O) groups excluding carboxylic acids is 1. The molecule has 0 aliphatic heterocycles. The number of fused-ring (bicyclic) bond motifs is 1. The van der Waals surface area contributed by atoms with Gasteiger partial charge in [-0.3, -0.25) is 0 Å². The van der Waals surface area contributed by atoms with Gasteiger partial charge in [-0.15, -0.1) is 0 Å². The van der Waals surface area contributed by atoms with Crippen LogP contribution in [0.15, 0.2) is 24.3 Å². The van der Waals surface area contributed by atoms with E-state index in [0.717, 1.165) is 29.4 Å². The van der Waals surface area contributed by atoms with Gasteiger partial charge >= 0.3 is 5.97 Å². The van der Waals surface area contributed by atoms with Gasteiger partial charge in [0.15, 0.2) is 0 Å². The molecule has 0 radical (unpaired) electrons. The molecule has 1 atom stereocenters. The number of para-hydroxylation sites is 1. The number of methoxy groups -OCH3 is 2. The van der Waals surface area contributed by atoms with Crippen molar-refractivity contribution in [1.82, 2.24) is 4.57 Å². The Hall–Kier alpha value is -1.81. The molecule has 1 aliphatic carbocycles. The first-order chi connectivity index (χ1) is 11.6. The SMILES string of the molecule is COC(=O)c1c(C)n([C@H](C)C2CCC(OC)CC2)c2ccccc12. The van der Waals surface area contributed by atoms with Crippen LogP contribution in [0.3, 0.4) is 0 Å². The molecule has 0 amide bonds. The van der Waals surface area contributed by atoms with Gasteiger partial charge < -0.3 is 14.0 Å². The molecular weight excluding hydrogens is 302 g/mol. The van der Waals surface area contributed by atoms with E-state index < -0.39 is 0 Å². The van der Waals surface area contributed by atoms with Crippen LogP contribution >= 0.6 is 0 Å². The monoisotopic (exact) mass is 329 g/mol. The average Bonchev–Trinajstić information content (AvgIpc) is 2.92. The van der Waals surface area contributed by atoms with Gasteiger partial charge in [-0.1, -0.05) is 18.2 Å². The number of nitrogens with zero attached hydrogens (tertiary/aromatic N) is 1. The van der Waals surface area contributed by atoms with Crippen LogP contribution in [-0.2, 0) is 9.47 Å². The molecule has 1 saturated carbocycles. The number of carbonyl (C=O) groups is 1. The Kier molecular flexibility index (Phi) is 4.95. The summed E-state index contributed by atoms with van der Waals surface area (Å²) in [5, 5.41) is 0.985. The van der Waals surface area contributed by atoms with Crippen molar-refractivity contribution in [2.45, 2.75) is 51.7 Å². The number of ether oxygens (including phenoxy) is 2. The number of esters is 1. The van der Waals surface area contributed by atoms with Gasteiger partial charge in [0, 0.05) is 29.7 Å². The van der Waals surface area contributed by atoms with Crippen molar-refractivity contribution in [3.8, 4) is 0 Å². The number of rotatable bonds is 4. The zero-order chi connectivity index (χ0) is 17.3. The van der Waals surface area contributed by atoms with Crippen LogP contribution in [0, 0.1) is 12.8 Å². The third-order valence-corrected chi connectivity index (χ3v) is 5.69. The van der Waals surface area contributed by atoms with E-state index in [-0.39, 0.29) is 5.97 Å². The molecule has 4 nitrogen and oxygen atoms in total. The van der Waals surface area contributed by atoms with Crippen LogP contribution in [0.25, 0.3) is 10.9 Å². The Morgan fingerprint density at radius 1 is 1.17 bits per heavy atom. The van der Waals surface area contributed by atoms with E-state index in [9.17, 15) is 4.79 Å². The second kappa shape index (κ2) is 6.98. The van der Waals surface area contributed by atoms with Crippen molar-refractivity contribution >= 4 is 16.9 Å². The van der Waals surface area contributed by atoms with Crippen LogP contribution in [0.2, 0.25) is 0 Å². The van der Waals surface area contributed by atoms with E-state index in [1.807, 2.05) is 25.1 Å². The minimum atomic E-state index is -0.252. The Morgan fingerprint density at radius 2 is 1.83 bits per heavy atom. The lowest BCUT2D eigenvalue weighted by atomic mass is 9.83. The first-order valence-corrected chi connectivity index (χ1v) is 8.79. The second-order valence-corrected chi connectivity index (χ2v) is 6.85. The molecular formula is C20H27NO3. The summed E-state index contributed by atoms with van der Waals surface area (Å²) < 4.78 is 12.9. The minimum Gasteiger partial charge on any atom is -0.465 e. The van der Waals surface area contributed by atoms with Crippen molar-refractivity contribution in [1.29, 1.82) is 0 Å². The highest BCUT2D eigenvalue weighted by Gasteiger charge is 2.29. The molecule has 1 heterocycles. The molecule has 130 valence electrons.